The zero-order chi connectivity index (χ0) is 13.0. The summed E-state index contributed by atoms with van der Waals surface area (Å²) in [7, 11) is 1.84. The summed E-state index contributed by atoms with van der Waals surface area (Å²) in [6.07, 6.45) is 3.60. The second kappa shape index (κ2) is 5.46. The zero-order valence-corrected chi connectivity index (χ0v) is 10.3. The quantitative estimate of drug-likeness (QED) is 0.836. The van der Waals surface area contributed by atoms with Gasteiger partial charge < -0.3 is 11.1 Å². The number of rotatable bonds is 4. The second-order valence-corrected chi connectivity index (χ2v) is 4.11. The Bertz CT molecular complexity index is 547. The molecule has 1 aromatic carbocycles. The van der Waals surface area contributed by atoms with Crippen LogP contribution in [0, 0.1) is 0 Å². The molecule has 0 radical (unpaired) electrons. The SMILES string of the molecule is Cn1cc(CNC(=O)c2cccc(CN)c2)cn1. The van der Waals surface area contributed by atoms with Crippen molar-refractivity contribution < 1.29 is 4.79 Å². The number of aromatic nitrogens is 2. The summed E-state index contributed by atoms with van der Waals surface area (Å²) in [5.41, 5.74) is 8.09. The van der Waals surface area contributed by atoms with Crippen LogP contribution in [0.3, 0.4) is 0 Å². The van der Waals surface area contributed by atoms with Crippen molar-refractivity contribution in [1.29, 1.82) is 0 Å². The fraction of sp³-hybridized carbons (Fsp3) is 0.231. The lowest BCUT2D eigenvalue weighted by atomic mass is 10.1. The first-order valence-corrected chi connectivity index (χ1v) is 5.74. The first kappa shape index (κ1) is 12.3. The molecule has 1 amide bonds. The number of carbonyl (C=O) groups excluding carboxylic acids is 1. The van der Waals surface area contributed by atoms with Crippen LogP contribution in [0.2, 0.25) is 0 Å². The average Bonchev–Trinajstić information content (AvgIpc) is 2.82. The smallest absolute Gasteiger partial charge is 0.251 e. The maximum atomic E-state index is 11.9. The minimum Gasteiger partial charge on any atom is -0.348 e. The lowest BCUT2D eigenvalue weighted by Gasteiger charge is -2.05. The standard InChI is InChI=1S/C13H16N4O/c1-17-9-11(8-16-17)7-15-13(18)12-4-2-3-10(5-12)6-14/h2-5,8-9H,6-7,14H2,1H3,(H,15,18). The van der Waals surface area contributed by atoms with E-state index in [9.17, 15) is 4.79 Å². The second-order valence-electron chi connectivity index (χ2n) is 4.11. The van der Waals surface area contributed by atoms with Gasteiger partial charge in [0.25, 0.3) is 5.91 Å². The highest BCUT2D eigenvalue weighted by molar-refractivity contribution is 5.94. The van der Waals surface area contributed by atoms with Crippen LogP contribution in [0.15, 0.2) is 36.7 Å². The maximum Gasteiger partial charge on any atom is 0.251 e. The number of benzene rings is 1. The molecule has 0 atom stereocenters. The van der Waals surface area contributed by atoms with E-state index >= 15 is 0 Å². The van der Waals surface area contributed by atoms with Crippen LogP contribution in [-0.2, 0) is 20.1 Å². The molecule has 2 aromatic rings. The highest BCUT2D eigenvalue weighted by Crippen LogP contribution is 2.05. The molecule has 94 valence electrons. The lowest BCUT2D eigenvalue weighted by molar-refractivity contribution is 0.0951. The highest BCUT2D eigenvalue weighted by atomic mass is 16.1. The first-order valence-electron chi connectivity index (χ1n) is 5.74. The Labute approximate surface area is 106 Å². The van der Waals surface area contributed by atoms with Crippen molar-refractivity contribution in [2.75, 3.05) is 0 Å². The number of nitrogens with zero attached hydrogens (tertiary/aromatic N) is 2. The summed E-state index contributed by atoms with van der Waals surface area (Å²) in [6.45, 7) is 0.906. The van der Waals surface area contributed by atoms with Crippen molar-refractivity contribution in [2.24, 2.45) is 12.8 Å². The van der Waals surface area contributed by atoms with E-state index in [4.69, 9.17) is 5.73 Å². The third kappa shape index (κ3) is 2.95. The highest BCUT2D eigenvalue weighted by Gasteiger charge is 2.06. The molecule has 1 aromatic heterocycles. The van der Waals surface area contributed by atoms with Gasteiger partial charge >= 0.3 is 0 Å². The third-order valence-electron chi connectivity index (χ3n) is 2.64. The third-order valence-corrected chi connectivity index (χ3v) is 2.64. The molecule has 2 rings (SSSR count). The molecule has 0 aliphatic rings. The molecule has 0 unspecified atom stereocenters. The molecule has 0 fully saturated rings. The Morgan fingerprint density at radius 1 is 1.44 bits per heavy atom. The van der Waals surface area contributed by atoms with E-state index < -0.39 is 0 Å². The fourth-order valence-electron chi connectivity index (χ4n) is 1.69. The van der Waals surface area contributed by atoms with Gasteiger partial charge in [0, 0.05) is 37.5 Å². The molecule has 18 heavy (non-hydrogen) atoms. The van der Waals surface area contributed by atoms with Gasteiger partial charge in [-0.1, -0.05) is 12.1 Å². The normalized spacial score (nSPS) is 10.3. The summed E-state index contributed by atoms with van der Waals surface area (Å²) >= 11 is 0. The number of hydrogen-bond donors (Lipinski definition) is 2. The molecule has 3 N–H and O–H groups in total. The van der Waals surface area contributed by atoms with Gasteiger partial charge in [0.05, 0.1) is 6.20 Å². The largest absolute Gasteiger partial charge is 0.348 e. The fourth-order valence-corrected chi connectivity index (χ4v) is 1.69. The topological polar surface area (TPSA) is 72.9 Å². The minimum absolute atomic E-state index is 0.103. The van der Waals surface area contributed by atoms with E-state index in [1.165, 1.54) is 0 Å². The van der Waals surface area contributed by atoms with Gasteiger partial charge in [0.15, 0.2) is 0 Å². The molecule has 1 heterocycles. The summed E-state index contributed by atoms with van der Waals surface area (Å²) < 4.78 is 1.70. The summed E-state index contributed by atoms with van der Waals surface area (Å²) in [6, 6.07) is 7.31. The number of nitrogens with one attached hydrogen (secondary N) is 1. The molecule has 0 spiro atoms. The number of hydrogen-bond acceptors (Lipinski definition) is 3. The molecule has 0 aliphatic carbocycles. The van der Waals surface area contributed by atoms with Crippen molar-refractivity contribution >= 4 is 5.91 Å². The van der Waals surface area contributed by atoms with Gasteiger partial charge in [-0.2, -0.15) is 5.10 Å². The zero-order valence-electron chi connectivity index (χ0n) is 10.3. The predicted molar refractivity (Wildman–Crippen MR) is 68.7 cm³/mol. The van der Waals surface area contributed by atoms with E-state index in [0.717, 1.165) is 11.1 Å². The van der Waals surface area contributed by atoms with Crippen LogP contribution >= 0.6 is 0 Å². The van der Waals surface area contributed by atoms with E-state index in [1.807, 2.05) is 25.4 Å². The number of nitrogens with two attached hydrogens (primary N) is 1. The summed E-state index contributed by atoms with van der Waals surface area (Å²) in [5.74, 6) is -0.103. The molecular weight excluding hydrogens is 228 g/mol. The Kier molecular flexibility index (Phi) is 3.74. The van der Waals surface area contributed by atoms with Crippen LogP contribution < -0.4 is 11.1 Å². The maximum absolute atomic E-state index is 11.9. The molecule has 0 saturated heterocycles. The monoisotopic (exact) mass is 244 g/mol. The van der Waals surface area contributed by atoms with Gasteiger partial charge in [-0.25, -0.2) is 0 Å². The Morgan fingerprint density at radius 2 is 2.28 bits per heavy atom. The Morgan fingerprint density at radius 3 is 2.94 bits per heavy atom. The van der Waals surface area contributed by atoms with Gasteiger partial charge in [0.2, 0.25) is 0 Å². The van der Waals surface area contributed by atoms with E-state index in [-0.39, 0.29) is 5.91 Å². The van der Waals surface area contributed by atoms with Gasteiger partial charge in [-0.3, -0.25) is 9.48 Å². The van der Waals surface area contributed by atoms with Crippen molar-refractivity contribution in [2.45, 2.75) is 13.1 Å². The van der Waals surface area contributed by atoms with E-state index in [0.29, 0.717) is 18.7 Å². The molecule has 0 bridgehead atoms. The van der Waals surface area contributed by atoms with Gasteiger partial charge in [0.1, 0.15) is 0 Å². The Balaban J connectivity index is 1.99. The lowest BCUT2D eigenvalue weighted by Crippen LogP contribution is -2.22. The predicted octanol–water partition coefficient (Wildman–Crippen LogP) is 0.809. The van der Waals surface area contributed by atoms with Crippen LogP contribution in [-0.4, -0.2) is 15.7 Å². The Hall–Kier alpha value is -2.14. The number of carbonyl (C=O) groups is 1. The average molecular weight is 244 g/mol. The molecule has 0 aliphatic heterocycles. The summed E-state index contributed by atoms with van der Waals surface area (Å²) in [5, 5.41) is 6.89. The van der Waals surface area contributed by atoms with E-state index in [2.05, 4.69) is 10.4 Å². The van der Waals surface area contributed by atoms with Crippen molar-refractivity contribution in [3.8, 4) is 0 Å². The number of aryl methyl sites for hydroxylation is 1. The van der Waals surface area contributed by atoms with Crippen molar-refractivity contribution in [3.63, 3.8) is 0 Å². The molecule has 5 nitrogen and oxygen atoms in total. The summed E-state index contributed by atoms with van der Waals surface area (Å²) in [4.78, 5) is 11.9. The van der Waals surface area contributed by atoms with Gasteiger partial charge in [-0.15, -0.1) is 0 Å². The van der Waals surface area contributed by atoms with Crippen LogP contribution in [0.25, 0.3) is 0 Å². The van der Waals surface area contributed by atoms with Crippen LogP contribution in [0.5, 0.6) is 0 Å². The van der Waals surface area contributed by atoms with E-state index in [1.54, 1.807) is 23.0 Å². The first-order chi connectivity index (χ1) is 8.69. The molecule has 5 heteroatoms. The van der Waals surface area contributed by atoms with Gasteiger partial charge in [-0.05, 0) is 17.7 Å². The van der Waals surface area contributed by atoms with Crippen molar-refractivity contribution in [3.05, 3.63) is 53.3 Å². The molecule has 0 saturated carbocycles. The van der Waals surface area contributed by atoms with Crippen LogP contribution in [0.1, 0.15) is 21.5 Å². The van der Waals surface area contributed by atoms with Crippen molar-refractivity contribution in [1.82, 2.24) is 15.1 Å². The van der Waals surface area contributed by atoms with Crippen LogP contribution in [0.4, 0.5) is 0 Å². The molecular formula is C13H16N4O. The number of amides is 1. The minimum atomic E-state index is -0.103.